The van der Waals surface area contributed by atoms with Crippen molar-refractivity contribution in [3.63, 3.8) is 0 Å². The van der Waals surface area contributed by atoms with Gasteiger partial charge in [-0.1, -0.05) is 33.1 Å². The molecule has 0 saturated heterocycles. The quantitative estimate of drug-likeness (QED) is 0.798. The summed E-state index contributed by atoms with van der Waals surface area (Å²) < 4.78 is 2.03. The van der Waals surface area contributed by atoms with Gasteiger partial charge in [0.1, 0.15) is 0 Å². The highest BCUT2D eigenvalue weighted by atomic mass is 16.2. The smallest absolute Gasteiger partial charge is 0.225 e. The predicted octanol–water partition coefficient (Wildman–Crippen LogP) is 3.04. The van der Waals surface area contributed by atoms with E-state index < -0.39 is 0 Å². The van der Waals surface area contributed by atoms with Crippen LogP contribution in [0.3, 0.4) is 0 Å². The van der Waals surface area contributed by atoms with Gasteiger partial charge in [-0.15, -0.1) is 0 Å². The van der Waals surface area contributed by atoms with E-state index >= 15 is 0 Å². The van der Waals surface area contributed by atoms with Gasteiger partial charge in [-0.3, -0.25) is 14.3 Å². The first-order valence-electron chi connectivity index (χ1n) is 10.7. The largest absolute Gasteiger partial charge is 0.353 e. The molecule has 1 aliphatic heterocycles. The molecule has 2 aliphatic rings. The Kier molecular flexibility index (Phi) is 6.91. The van der Waals surface area contributed by atoms with Crippen molar-refractivity contribution in [3.05, 3.63) is 17.5 Å². The monoisotopic (exact) mass is 374 g/mol. The van der Waals surface area contributed by atoms with Gasteiger partial charge in [0, 0.05) is 37.9 Å². The van der Waals surface area contributed by atoms with Crippen LogP contribution in [0.2, 0.25) is 0 Å². The maximum atomic E-state index is 12.7. The summed E-state index contributed by atoms with van der Waals surface area (Å²) in [4.78, 5) is 26.8. The normalized spacial score (nSPS) is 18.8. The molecule has 0 spiro atoms. The Labute approximate surface area is 162 Å². The van der Waals surface area contributed by atoms with Crippen LogP contribution in [-0.4, -0.2) is 39.1 Å². The van der Waals surface area contributed by atoms with Crippen molar-refractivity contribution in [3.8, 4) is 0 Å². The van der Waals surface area contributed by atoms with E-state index in [4.69, 9.17) is 0 Å². The highest BCUT2D eigenvalue weighted by Crippen LogP contribution is 2.19. The van der Waals surface area contributed by atoms with Gasteiger partial charge in [0.15, 0.2) is 0 Å². The van der Waals surface area contributed by atoms with E-state index in [0.717, 1.165) is 56.6 Å². The fraction of sp³-hybridized carbons (Fsp3) is 0.762. The second-order valence-electron chi connectivity index (χ2n) is 8.20. The van der Waals surface area contributed by atoms with Crippen LogP contribution in [0.25, 0.3) is 0 Å². The molecule has 0 unspecified atom stereocenters. The molecule has 6 nitrogen and oxygen atoms in total. The van der Waals surface area contributed by atoms with Crippen molar-refractivity contribution in [1.82, 2.24) is 20.0 Å². The Morgan fingerprint density at radius 2 is 2.04 bits per heavy atom. The number of aromatic nitrogens is 2. The lowest BCUT2D eigenvalue weighted by molar-refractivity contribution is -0.135. The van der Waals surface area contributed by atoms with Crippen LogP contribution in [0.1, 0.15) is 76.6 Å². The first-order chi connectivity index (χ1) is 13.1. The molecule has 0 aromatic carbocycles. The molecule has 1 atom stereocenters. The molecular weight excluding hydrogens is 340 g/mol. The number of hydrogen-bond donors (Lipinski definition) is 1. The van der Waals surface area contributed by atoms with Crippen LogP contribution in [0, 0.1) is 5.92 Å². The molecule has 2 amide bonds. The lowest BCUT2D eigenvalue weighted by Crippen LogP contribution is -2.34. The summed E-state index contributed by atoms with van der Waals surface area (Å²) in [5.74, 6) is 0.475. The molecule has 1 aliphatic carbocycles. The van der Waals surface area contributed by atoms with Gasteiger partial charge in [-0.05, 0) is 31.7 Å². The van der Waals surface area contributed by atoms with E-state index in [-0.39, 0.29) is 17.7 Å². The van der Waals surface area contributed by atoms with E-state index in [0.29, 0.717) is 25.4 Å². The minimum absolute atomic E-state index is 0.0863. The van der Waals surface area contributed by atoms with Crippen molar-refractivity contribution in [2.24, 2.45) is 5.92 Å². The van der Waals surface area contributed by atoms with Crippen LogP contribution in [0.4, 0.5) is 0 Å². The molecule has 150 valence electrons. The maximum Gasteiger partial charge on any atom is 0.225 e. The Bertz CT molecular complexity index is 649. The second kappa shape index (κ2) is 9.38. The third-order valence-electron chi connectivity index (χ3n) is 5.85. The molecule has 6 heteroatoms. The summed E-state index contributed by atoms with van der Waals surface area (Å²) in [7, 11) is 0. The fourth-order valence-electron chi connectivity index (χ4n) is 4.31. The number of hydrogen-bond acceptors (Lipinski definition) is 3. The van der Waals surface area contributed by atoms with Gasteiger partial charge < -0.3 is 10.2 Å². The molecule has 0 radical (unpaired) electrons. The third kappa shape index (κ3) is 5.33. The minimum Gasteiger partial charge on any atom is -0.353 e. The number of carbonyl (C=O) groups is 2. The molecule has 1 saturated carbocycles. The molecule has 1 N–H and O–H groups in total. The molecule has 1 aromatic rings. The summed E-state index contributed by atoms with van der Waals surface area (Å²) in [5, 5.41) is 7.83. The second-order valence-corrected chi connectivity index (χ2v) is 8.20. The Hall–Kier alpha value is -1.85. The topological polar surface area (TPSA) is 67.2 Å². The average Bonchev–Trinajstić information content (AvgIpc) is 3.25. The highest BCUT2D eigenvalue weighted by molar-refractivity contribution is 5.78. The number of rotatable bonds is 7. The van der Waals surface area contributed by atoms with Gasteiger partial charge in [0.05, 0.1) is 17.9 Å². The summed E-state index contributed by atoms with van der Waals surface area (Å²) in [6.45, 7) is 6.43. The van der Waals surface area contributed by atoms with E-state index in [2.05, 4.69) is 23.4 Å². The van der Waals surface area contributed by atoms with Gasteiger partial charge in [-0.2, -0.15) is 5.10 Å². The maximum absolute atomic E-state index is 12.7. The number of aryl methyl sites for hydroxylation is 2. The Balaban J connectivity index is 1.54. The predicted molar refractivity (Wildman–Crippen MR) is 105 cm³/mol. The van der Waals surface area contributed by atoms with Crippen LogP contribution in [-0.2, 0) is 29.1 Å². The van der Waals surface area contributed by atoms with Crippen molar-refractivity contribution in [1.29, 1.82) is 0 Å². The lowest BCUT2D eigenvalue weighted by atomic mass is 10.0. The summed E-state index contributed by atoms with van der Waals surface area (Å²) in [5.41, 5.74) is 2.05. The van der Waals surface area contributed by atoms with E-state index in [1.54, 1.807) is 0 Å². The van der Waals surface area contributed by atoms with Crippen LogP contribution in [0.5, 0.6) is 0 Å². The van der Waals surface area contributed by atoms with Crippen LogP contribution >= 0.6 is 0 Å². The minimum atomic E-state index is 0.0863. The molecule has 3 rings (SSSR count). The van der Waals surface area contributed by atoms with Crippen molar-refractivity contribution in [2.75, 3.05) is 6.54 Å². The number of carbonyl (C=O) groups excluding carboxylic acids is 2. The molecule has 1 aromatic heterocycles. The highest BCUT2D eigenvalue weighted by Gasteiger charge is 2.24. The average molecular weight is 375 g/mol. The third-order valence-corrected chi connectivity index (χ3v) is 5.85. The first kappa shape index (κ1) is 19.9. The molecule has 0 bridgehead atoms. The number of fused-ring (bicyclic) bond motifs is 1. The zero-order chi connectivity index (χ0) is 19.2. The molecular formula is C21H34N4O2. The number of nitrogens with zero attached hydrogens (tertiary/aromatic N) is 3. The Morgan fingerprint density at radius 1 is 1.26 bits per heavy atom. The van der Waals surface area contributed by atoms with E-state index in [1.165, 1.54) is 12.8 Å². The molecule has 2 heterocycles. The van der Waals surface area contributed by atoms with E-state index in [1.807, 2.05) is 16.5 Å². The summed E-state index contributed by atoms with van der Waals surface area (Å²) >= 11 is 0. The summed E-state index contributed by atoms with van der Waals surface area (Å²) in [6.07, 6.45) is 8.75. The standard InChI is InChI=1S/C21H34N4O2/c1-3-7-16(2)21(27)24-12-6-13-25-19(15-24)14-18(23-25)10-11-20(26)22-17-8-4-5-9-17/h14,16-17H,3-13,15H2,1-2H3,(H,22,26)/t16-/m0/s1. The molecule has 27 heavy (non-hydrogen) atoms. The van der Waals surface area contributed by atoms with Gasteiger partial charge in [0.2, 0.25) is 11.8 Å². The number of nitrogens with one attached hydrogen (secondary N) is 1. The number of amides is 2. The van der Waals surface area contributed by atoms with Crippen molar-refractivity contribution >= 4 is 11.8 Å². The lowest BCUT2D eigenvalue weighted by Gasteiger charge is -2.23. The SMILES string of the molecule is CCC[C@H](C)C(=O)N1CCCn2nc(CCC(=O)NC3CCCC3)cc2C1. The van der Waals surface area contributed by atoms with Crippen LogP contribution < -0.4 is 5.32 Å². The summed E-state index contributed by atoms with van der Waals surface area (Å²) in [6, 6.07) is 2.46. The zero-order valence-corrected chi connectivity index (χ0v) is 16.9. The molecule has 1 fully saturated rings. The first-order valence-corrected chi connectivity index (χ1v) is 10.7. The van der Waals surface area contributed by atoms with Gasteiger partial charge >= 0.3 is 0 Å². The van der Waals surface area contributed by atoms with Crippen molar-refractivity contribution in [2.45, 2.75) is 90.8 Å². The van der Waals surface area contributed by atoms with Crippen LogP contribution in [0.15, 0.2) is 6.07 Å². The van der Waals surface area contributed by atoms with Gasteiger partial charge in [-0.25, -0.2) is 0 Å². The van der Waals surface area contributed by atoms with E-state index in [9.17, 15) is 9.59 Å². The van der Waals surface area contributed by atoms with Gasteiger partial charge in [0.25, 0.3) is 0 Å². The van der Waals surface area contributed by atoms with Crippen molar-refractivity contribution < 1.29 is 9.59 Å². The zero-order valence-electron chi connectivity index (χ0n) is 16.9. The fourth-order valence-corrected chi connectivity index (χ4v) is 4.31. The Morgan fingerprint density at radius 3 is 2.78 bits per heavy atom.